The zero-order chi connectivity index (χ0) is 10.7. The third-order valence-corrected chi connectivity index (χ3v) is 2.57. The summed E-state index contributed by atoms with van der Waals surface area (Å²) >= 11 is 0. The summed E-state index contributed by atoms with van der Waals surface area (Å²) in [5, 5.41) is 8.78. The molecular weight excluding hydrogens is 182 g/mol. The van der Waals surface area contributed by atoms with Gasteiger partial charge in [0, 0.05) is 18.9 Å². The number of nitrogens with zero attached hydrogens (tertiary/aromatic N) is 1. The van der Waals surface area contributed by atoms with Gasteiger partial charge in [-0.2, -0.15) is 0 Å². The molecule has 1 unspecified atom stereocenters. The summed E-state index contributed by atoms with van der Waals surface area (Å²) in [5.74, 6) is 0.0365. The monoisotopic (exact) mass is 199 g/mol. The lowest BCUT2D eigenvalue weighted by Gasteiger charge is -2.24. The van der Waals surface area contributed by atoms with E-state index in [4.69, 9.17) is 5.11 Å². The molecule has 0 aromatic carbocycles. The molecule has 1 fully saturated rings. The molecule has 0 aliphatic carbocycles. The number of carbonyl (C=O) groups is 2. The van der Waals surface area contributed by atoms with Gasteiger partial charge in [-0.3, -0.25) is 9.59 Å². The quantitative estimate of drug-likeness (QED) is 0.703. The van der Waals surface area contributed by atoms with E-state index in [0.717, 1.165) is 0 Å². The summed E-state index contributed by atoms with van der Waals surface area (Å²) in [4.78, 5) is 24.6. The molecular formula is C10H17NO3. The number of hydrogen-bond donors (Lipinski definition) is 1. The number of aliphatic hydroxyl groups is 1. The van der Waals surface area contributed by atoms with Crippen LogP contribution in [0.25, 0.3) is 0 Å². The summed E-state index contributed by atoms with van der Waals surface area (Å²) in [6.45, 7) is 3.88. The smallest absolute Gasteiger partial charge is 0.223 e. The van der Waals surface area contributed by atoms with Crippen LogP contribution in [0.1, 0.15) is 26.7 Å². The van der Waals surface area contributed by atoms with E-state index in [9.17, 15) is 9.59 Å². The molecule has 4 heteroatoms. The van der Waals surface area contributed by atoms with Crippen molar-refractivity contribution in [3.8, 4) is 0 Å². The average Bonchev–Trinajstić information content (AvgIpc) is 2.48. The first-order valence-electron chi connectivity index (χ1n) is 5.02. The second kappa shape index (κ2) is 4.55. The SMILES string of the molecule is CC(C)C(=O)C1CCC(=O)N1CCO. The van der Waals surface area contributed by atoms with Crippen LogP contribution >= 0.6 is 0 Å². The minimum absolute atomic E-state index is 0.0157. The summed E-state index contributed by atoms with van der Waals surface area (Å²) in [6.07, 6.45) is 1.04. The van der Waals surface area contributed by atoms with Crippen LogP contribution in [0.2, 0.25) is 0 Å². The zero-order valence-corrected chi connectivity index (χ0v) is 8.69. The van der Waals surface area contributed by atoms with Crippen LogP contribution in [-0.2, 0) is 9.59 Å². The van der Waals surface area contributed by atoms with Gasteiger partial charge in [0.05, 0.1) is 12.6 Å². The van der Waals surface area contributed by atoms with E-state index in [1.54, 1.807) is 0 Å². The molecule has 0 saturated carbocycles. The van der Waals surface area contributed by atoms with Crippen molar-refractivity contribution in [2.75, 3.05) is 13.2 Å². The molecule has 1 atom stereocenters. The van der Waals surface area contributed by atoms with E-state index in [-0.39, 0.29) is 36.8 Å². The van der Waals surface area contributed by atoms with Gasteiger partial charge < -0.3 is 10.0 Å². The maximum atomic E-state index is 11.7. The number of β-amino-alcohol motifs (C(OH)–C–C–N with tert-alkyl or cyclic N) is 1. The molecule has 80 valence electrons. The fraction of sp³-hybridized carbons (Fsp3) is 0.800. The molecule has 14 heavy (non-hydrogen) atoms. The Morgan fingerprint density at radius 3 is 2.79 bits per heavy atom. The van der Waals surface area contributed by atoms with Crippen LogP contribution in [0.5, 0.6) is 0 Å². The molecule has 1 amide bonds. The summed E-state index contributed by atoms with van der Waals surface area (Å²) < 4.78 is 0. The van der Waals surface area contributed by atoms with E-state index in [2.05, 4.69) is 0 Å². The van der Waals surface area contributed by atoms with Gasteiger partial charge in [-0.1, -0.05) is 13.8 Å². The van der Waals surface area contributed by atoms with Crippen molar-refractivity contribution < 1.29 is 14.7 Å². The van der Waals surface area contributed by atoms with Crippen LogP contribution in [0.3, 0.4) is 0 Å². The molecule has 1 rings (SSSR count). The van der Waals surface area contributed by atoms with E-state index < -0.39 is 0 Å². The van der Waals surface area contributed by atoms with Gasteiger partial charge in [0.25, 0.3) is 0 Å². The highest BCUT2D eigenvalue weighted by Gasteiger charge is 2.35. The number of Topliss-reactive ketones (excluding diaryl/α,β-unsaturated/α-hetero) is 1. The minimum Gasteiger partial charge on any atom is -0.395 e. The molecule has 1 saturated heterocycles. The van der Waals surface area contributed by atoms with Gasteiger partial charge in [0.15, 0.2) is 5.78 Å². The van der Waals surface area contributed by atoms with Crippen LogP contribution in [0.15, 0.2) is 0 Å². The molecule has 0 bridgehead atoms. The zero-order valence-electron chi connectivity index (χ0n) is 8.69. The molecule has 1 heterocycles. The van der Waals surface area contributed by atoms with Crippen molar-refractivity contribution in [1.82, 2.24) is 4.90 Å². The molecule has 0 aromatic rings. The van der Waals surface area contributed by atoms with Crippen LogP contribution < -0.4 is 0 Å². The maximum absolute atomic E-state index is 11.7. The van der Waals surface area contributed by atoms with Gasteiger partial charge in [-0.05, 0) is 6.42 Å². The number of amides is 1. The third-order valence-electron chi connectivity index (χ3n) is 2.57. The molecule has 1 aliphatic heterocycles. The van der Waals surface area contributed by atoms with Gasteiger partial charge in [0.2, 0.25) is 5.91 Å². The Morgan fingerprint density at radius 2 is 2.29 bits per heavy atom. The fourth-order valence-corrected chi connectivity index (χ4v) is 1.80. The predicted molar refractivity (Wildman–Crippen MR) is 51.7 cm³/mol. The highest BCUT2D eigenvalue weighted by atomic mass is 16.3. The Bertz CT molecular complexity index is 238. The van der Waals surface area contributed by atoms with E-state index in [1.807, 2.05) is 13.8 Å². The second-order valence-corrected chi connectivity index (χ2v) is 3.92. The number of hydrogen-bond acceptors (Lipinski definition) is 3. The lowest BCUT2D eigenvalue weighted by Crippen LogP contribution is -2.41. The van der Waals surface area contributed by atoms with E-state index in [0.29, 0.717) is 12.8 Å². The molecule has 0 aromatic heterocycles. The first-order valence-corrected chi connectivity index (χ1v) is 5.02. The van der Waals surface area contributed by atoms with Gasteiger partial charge in [-0.15, -0.1) is 0 Å². The first kappa shape index (κ1) is 11.2. The summed E-state index contributed by atoms with van der Waals surface area (Å²) in [6, 6.07) is -0.297. The van der Waals surface area contributed by atoms with Crippen molar-refractivity contribution >= 4 is 11.7 Å². The molecule has 0 radical (unpaired) electrons. The minimum atomic E-state index is -0.297. The fourth-order valence-electron chi connectivity index (χ4n) is 1.80. The predicted octanol–water partition coefficient (Wildman–Crippen LogP) is 0.195. The number of carbonyl (C=O) groups excluding carboxylic acids is 2. The highest BCUT2D eigenvalue weighted by molar-refractivity contribution is 5.93. The number of ketones is 1. The number of rotatable bonds is 4. The summed E-state index contributed by atoms with van der Waals surface area (Å²) in [5.41, 5.74) is 0. The summed E-state index contributed by atoms with van der Waals surface area (Å²) in [7, 11) is 0. The standard InChI is InChI=1S/C10H17NO3/c1-7(2)10(14)8-3-4-9(13)11(8)5-6-12/h7-8,12H,3-6H2,1-2H3. The van der Waals surface area contributed by atoms with Crippen LogP contribution in [0.4, 0.5) is 0 Å². The third kappa shape index (κ3) is 2.12. The lowest BCUT2D eigenvalue weighted by molar-refractivity contribution is -0.136. The highest BCUT2D eigenvalue weighted by Crippen LogP contribution is 2.21. The van der Waals surface area contributed by atoms with Crippen molar-refractivity contribution in [2.45, 2.75) is 32.7 Å². The van der Waals surface area contributed by atoms with Gasteiger partial charge in [0.1, 0.15) is 0 Å². The van der Waals surface area contributed by atoms with Crippen molar-refractivity contribution in [2.24, 2.45) is 5.92 Å². The van der Waals surface area contributed by atoms with Crippen LogP contribution in [-0.4, -0.2) is 40.9 Å². The van der Waals surface area contributed by atoms with Crippen molar-refractivity contribution in [3.63, 3.8) is 0 Å². The number of aliphatic hydroxyl groups excluding tert-OH is 1. The normalized spacial score (nSPS) is 22.1. The Balaban J connectivity index is 2.68. The molecule has 0 spiro atoms. The van der Waals surface area contributed by atoms with Crippen molar-refractivity contribution in [1.29, 1.82) is 0 Å². The molecule has 1 aliphatic rings. The molecule has 4 nitrogen and oxygen atoms in total. The topological polar surface area (TPSA) is 57.6 Å². The maximum Gasteiger partial charge on any atom is 0.223 e. The van der Waals surface area contributed by atoms with Gasteiger partial charge in [-0.25, -0.2) is 0 Å². The second-order valence-electron chi connectivity index (χ2n) is 3.92. The first-order chi connectivity index (χ1) is 6.57. The molecule has 1 N–H and O–H groups in total. The van der Waals surface area contributed by atoms with Crippen LogP contribution in [0, 0.1) is 5.92 Å². The largest absolute Gasteiger partial charge is 0.395 e. The van der Waals surface area contributed by atoms with Gasteiger partial charge >= 0.3 is 0 Å². The lowest BCUT2D eigenvalue weighted by atomic mass is 10.00. The van der Waals surface area contributed by atoms with E-state index in [1.165, 1.54) is 4.90 Å². The Labute approximate surface area is 83.9 Å². The average molecular weight is 199 g/mol. The Hall–Kier alpha value is -0.900. The Morgan fingerprint density at radius 1 is 1.64 bits per heavy atom. The van der Waals surface area contributed by atoms with Crippen molar-refractivity contribution in [3.05, 3.63) is 0 Å². The van der Waals surface area contributed by atoms with E-state index >= 15 is 0 Å². The number of likely N-dealkylation sites (tertiary alicyclic amines) is 1. The Kier molecular flexibility index (Phi) is 3.63.